The molecule has 2 N–H and O–H groups in total. The number of rotatable bonds is 10. The number of amides is 2. The SMILES string of the molecule is CCN(c1ccc(Oc2ccc(COC)nc2)c(CN2CCCC2=O)c1)c1ccc(C(N)=O)cn1. The highest BCUT2D eigenvalue weighted by Crippen LogP contribution is 2.33. The molecule has 1 aliphatic rings. The summed E-state index contributed by atoms with van der Waals surface area (Å²) in [5.74, 6) is 1.57. The van der Waals surface area contributed by atoms with E-state index >= 15 is 0 Å². The lowest BCUT2D eigenvalue weighted by Gasteiger charge is -2.25. The van der Waals surface area contributed by atoms with Gasteiger partial charge in [-0.1, -0.05) is 0 Å². The van der Waals surface area contributed by atoms with Crippen molar-refractivity contribution < 1.29 is 19.1 Å². The first-order chi connectivity index (χ1) is 17.0. The van der Waals surface area contributed by atoms with E-state index in [1.807, 2.05) is 47.1 Å². The number of methoxy groups -OCH3 is 1. The van der Waals surface area contributed by atoms with Crippen LogP contribution in [0.25, 0.3) is 0 Å². The summed E-state index contributed by atoms with van der Waals surface area (Å²) in [5, 5.41) is 0. The Morgan fingerprint density at radius 3 is 2.60 bits per heavy atom. The van der Waals surface area contributed by atoms with Gasteiger partial charge < -0.3 is 25.0 Å². The lowest BCUT2D eigenvalue weighted by atomic mass is 10.1. The first-order valence-electron chi connectivity index (χ1n) is 11.5. The second kappa shape index (κ2) is 11.0. The van der Waals surface area contributed by atoms with Crippen LogP contribution in [-0.4, -0.2) is 46.9 Å². The molecule has 3 heterocycles. The van der Waals surface area contributed by atoms with E-state index in [0.717, 1.165) is 29.9 Å². The fraction of sp³-hybridized carbons (Fsp3) is 0.308. The summed E-state index contributed by atoms with van der Waals surface area (Å²) in [6.07, 6.45) is 4.56. The van der Waals surface area contributed by atoms with Gasteiger partial charge in [0.2, 0.25) is 11.8 Å². The van der Waals surface area contributed by atoms with Crippen molar-refractivity contribution in [3.8, 4) is 11.5 Å². The molecular formula is C26H29N5O4. The van der Waals surface area contributed by atoms with Gasteiger partial charge in [0.15, 0.2) is 0 Å². The van der Waals surface area contributed by atoms with Gasteiger partial charge in [-0.2, -0.15) is 0 Å². The van der Waals surface area contributed by atoms with Crippen molar-refractivity contribution in [1.82, 2.24) is 14.9 Å². The van der Waals surface area contributed by atoms with Gasteiger partial charge in [0, 0.05) is 50.6 Å². The van der Waals surface area contributed by atoms with Gasteiger partial charge in [-0.15, -0.1) is 0 Å². The largest absolute Gasteiger partial charge is 0.455 e. The Morgan fingerprint density at radius 1 is 1.14 bits per heavy atom. The van der Waals surface area contributed by atoms with Crippen molar-refractivity contribution in [2.24, 2.45) is 5.73 Å². The Hall–Kier alpha value is -3.98. The zero-order valence-electron chi connectivity index (χ0n) is 19.9. The van der Waals surface area contributed by atoms with Crippen LogP contribution in [0.1, 0.15) is 41.4 Å². The number of aromatic nitrogens is 2. The number of hydrogen-bond acceptors (Lipinski definition) is 7. The van der Waals surface area contributed by atoms with E-state index in [1.165, 1.54) is 6.20 Å². The van der Waals surface area contributed by atoms with Crippen LogP contribution in [0.2, 0.25) is 0 Å². The van der Waals surface area contributed by atoms with Crippen LogP contribution in [0.15, 0.2) is 54.9 Å². The van der Waals surface area contributed by atoms with Crippen LogP contribution in [0.4, 0.5) is 11.5 Å². The smallest absolute Gasteiger partial charge is 0.250 e. The highest BCUT2D eigenvalue weighted by molar-refractivity contribution is 5.92. The van der Waals surface area contributed by atoms with Gasteiger partial charge in [-0.05, 0) is 55.8 Å². The normalized spacial score (nSPS) is 13.2. The highest BCUT2D eigenvalue weighted by Gasteiger charge is 2.22. The third-order valence-electron chi connectivity index (χ3n) is 5.83. The summed E-state index contributed by atoms with van der Waals surface area (Å²) in [6, 6.07) is 13.0. The zero-order chi connectivity index (χ0) is 24.8. The molecule has 1 aliphatic heterocycles. The molecule has 35 heavy (non-hydrogen) atoms. The number of nitrogens with zero attached hydrogens (tertiary/aromatic N) is 4. The van der Waals surface area contributed by atoms with Crippen molar-refractivity contribution in [2.45, 2.75) is 32.9 Å². The van der Waals surface area contributed by atoms with E-state index in [-0.39, 0.29) is 5.91 Å². The summed E-state index contributed by atoms with van der Waals surface area (Å²) in [7, 11) is 1.63. The molecule has 0 saturated carbocycles. The van der Waals surface area contributed by atoms with E-state index < -0.39 is 5.91 Å². The quantitative estimate of drug-likeness (QED) is 0.475. The molecular weight excluding hydrogens is 446 g/mol. The molecule has 2 amide bonds. The minimum atomic E-state index is -0.518. The van der Waals surface area contributed by atoms with E-state index in [1.54, 1.807) is 25.4 Å². The summed E-state index contributed by atoms with van der Waals surface area (Å²) >= 11 is 0. The van der Waals surface area contributed by atoms with Crippen LogP contribution in [0, 0.1) is 0 Å². The van der Waals surface area contributed by atoms with Gasteiger partial charge in [0.25, 0.3) is 0 Å². The van der Waals surface area contributed by atoms with Crippen molar-refractivity contribution in [1.29, 1.82) is 0 Å². The van der Waals surface area contributed by atoms with Crippen LogP contribution in [0.3, 0.4) is 0 Å². The Balaban J connectivity index is 1.64. The summed E-state index contributed by atoms with van der Waals surface area (Å²) < 4.78 is 11.3. The standard InChI is InChI=1S/C26H29N5O4/c1-3-31(24-11-6-18(14-29-24)26(27)33)21-8-10-23(19(13-21)16-30-12-4-5-25(30)32)35-22-9-7-20(17-34-2)28-15-22/h6-11,13-15H,3-5,12,16-17H2,1-2H3,(H2,27,33). The number of nitrogens with two attached hydrogens (primary N) is 1. The van der Waals surface area contributed by atoms with Crippen molar-refractivity contribution in [2.75, 3.05) is 25.1 Å². The average Bonchev–Trinajstić information content (AvgIpc) is 3.27. The number of pyridine rings is 2. The fourth-order valence-electron chi connectivity index (χ4n) is 4.03. The van der Waals surface area contributed by atoms with Crippen LogP contribution >= 0.6 is 0 Å². The fourth-order valence-corrected chi connectivity index (χ4v) is 4.03. The molecule has 1 fully saturated rings. The number of ether oxygens (including phenoxy) is 2. The van der Waals surface area contributed by atoms with Crippen LogP contribution in [0.5, 0.6) is 11.5 Å². The molecule has 9 heteroatoms. The molecule has 1 aromatic carbocycles. The molecule has 0 atom stereocenters. The molecule has 0 aliphatic carbocycles. The average molecular weight is 476 g/mol. The molecule has 4 rings (SSSR count). The molecule has 0 spiro atoms. The molecule has 9 nitrogen and oxygen atoms in total. The van der Waals surface area contributed by atoms with Gasteiger partial charge in [0.05, 0.1) is 24.1 Å². The topological polar surface area (TPSA) is 111 Å². The second-order valence-corrected chi connectivity index (χ2v) is 8.24. The van der Waals surface area contributed by atoms with Crippen molar-refractivity contribution in [3.63, 3.8) is 0 Å². The maximum absolute atomic E-state index is 12.3. The van der Waals surface area contributed by atoms with Gasteiger partial charge in [0.1, 0.15) is 17.3 Å². The van der Waals surface area contributed by atoms with Crippen molar-refractivity contribution >= 4 is 23.3 Å². The van der Waals surface area contributed by atoms with Gasteiger partial charge >= 0.3 is 0 Å². The maximum Gasteiger partial charge on any atom is 0.250 e. The number of anilines is 2. The number of likely N-dealkylation sites (tertiary alicyclic amines) is 1. The number of benzene rings is 1. The Labute approximate surface area is 204 Å². The van der Waals surface area contributed by atoms with Gasteiger partial charge in [-0.25, -0.2) is 4.98 Å². The minimum Gasteiger partial charge on any atom is -0.455 e. The predicted octanol–water partition coefficient (Wildman–Crippen LogP) is 3.79. The third kappa shape index (κ3) is 5.75. The predicted molar refractivity (Wildman–Crippen MR) is 132 cm³/mol. The first-order valence-corrected chi connectivity index (χ1v) is 11.5. The molecule has 0 bridgehead atoms. The Morgan fingerprint density at radius 2 is 2.00 bits per heavy atom. The number of hydrogen-bond donors (Lipinski definition) is 1. The molecule has 0 unspecified atom stereocenters. The number of carbonyl (C=O) groups is 2. The van der Waals surface area contributed by atoms with E-state index in [2.05, 4.69) is 9.97 Å². The minimum absolute atomic E-state index is 0.142. The summed E-state index contributed by atoms with van der Waals surface area (Å²) in [4.78, 5) is 36.4. The Kier molecular flexibility index (Phi) is 7.57. The van der Waals surface area contributed by atoms with Crippen molar-refractivity contribution in [3.05, 3.63) is 71.7 Å². The van der Waals surface area contributed by atoms with E-state index in [0.29, 0.717) is 49.0 Å². The lowest BCUT2D eigenvalue weighted by Crippen LogP contribution is -2.24. The maximum atomic E-state index is 12.3. The third-order valence-corrected chi connectivity index (χ3v) is 5.83. The summed E-state index contributed by atoms with van der Waals surface area (Å²) in [6.45, 7) is 4.27. The van der Waals surface area contributed by atoms with Crippen LogP contribution < -0.4 is 15.4 Å². The second-order valence-electron chi connectivity index (χ2n) is 8.24. The molecule has 1 saturated heterocycles. The number of carbonyl (C=O) groups excluding carboxylic acids is 2. The first kappa shape index (κ1) is 24.2. The van der Waals surface area contributed by atoms with Crippen LogP contribution in [-0.2, 0) is 22.7 Å². The van der Waals surface area contributed by atoms with Gasteiger partial charge in [-0.3, -0.25) is 14.6 Å². The molecule has 2 aromatic heterocycles. The van der Waals surface area contributed by atoms with E-state index in [9.17, 15) is 9.59 Å². The zero-order valence-corrected chi connectivity index (χ0v) is 19.9. The number of primary amides is 1. The molecule has 0 radical (unpaired) electrons. The monoisotopic (exact) mass is 475 g/mol. The Bertz CT molecular complexity index is 1180. The highest BCUT2D eigenvalue weighted by atomic mass is 16.5. The molecule has 182 valence electrons. The molecule has 3 aromatic rings. The summed E-state index contributed by atoms with van der Waals surface area (Å²) in [5.41, 5.74) is 8.29. The van der Waals surface area contributed by atoms with E-state index in [4.69, 9.17) is 15.2 Å². The lowest BCUT2D eigenvalue weighted by molar-refractivity contribution is -0.128.